The predicted molar refractivity (Wildman–Crippen MR) is 94.0 cm³/mol. The maximum atomic E-state index is 5.99. The molecule has 0 radical (unpaired) electrons. The lowest BCUT2D eigenvalue weighted by atomic mass is 9.96. The van der Waals surface area contributed by atoms with Crippen LogP contribution in [0.25, 0.3) is 0 Å². The Morgan fingerprint density at radius 2 is 2.04 bits per heavy atom. The lowest BCUT2D eigenvalue weighted by Gasteiger charge is -2.23. The number of aromatic nitrogens is 3. The minimum absolute atomic E-state index is 0.514. The number of nitrogens with one attached hydrogen (secondary N) is 2. The third-order valence-electron chi connectivity index (χ3n) is 4.10. The number of halogens is 1. The molecule has 0 bridgehead atoms. The van der Waals surface area contributed by atoms with Gasteiger partial charge in [0.25, 0.3) is 0 Å². The van der Waals surface area contributed by atoms with Gasteiger partial charge in [0.2, 0.25) is 5.95 Å². The summed E-state index contributed by atoms with van der Waals surface area (Å²) in [6.07, 6.45) is 8.91. The number of anilines is 2. The summed E-state index contributed by atoms with van der Waals surface area (Å²) in [5, 5.41) is 15.5. The second-order valence-electron chi connectivity index (χ2n) is 5.95. The summed E-state index contributed by atoms with van der Waals surface area (Å²) in [6.45, 7) is 0.745. The second-order valence-corrected chi connectivity index (χ2v) is 6.39. The van der Waals surface area contributed by atoms with Crippen molar-refractivity contribution in [3.8, 4) is 0 Å². The molecule has 3 rings (SSSR count). The van der Waals surface area contributed by atoms with Gasteiger partial charge in [-0.25, -0.2) is 0 Å². The molecule has 0 amide bonds. The molecule has 0 atom stereocenters. The van der Waals surface area contributed by atoms with Gasteiger partial charge in [0.05, 0.1) is 6.20 Å². The van der Waals surface area contributed by atoms with Gasteiger partial charge >= 0.3 is 0 Å². The van der Waals surface area contributed by atoms with Crippen LogP contribution in [-0.4, -0.2) is 27.8 Å². The molecule has 1 aromatic carbocycles. The monoisotopic (exact) mass is 331 g/mol. The summed E-state index contributed by atoms with van der Waals surface area (Å²) in [5.74, 6) is 1.37. The SMILES string of the molecule is Clc1cccc(CCNc2nncc(NC3CCCCC3)n2)c1. The van der Waals surface area contributed by atoms with E-state index in [1.165, 1.54) is 37.7 Å². The van der Waals surface area contributed by atoms with Crippen LogP contribution >= 0.6 is 11.6 Å². The highest BCUT2D eigenvalue weighted by Gasteiger charge is 2.13. The summed E-state index contributed by atoms with van der Waals surface area (Å²) >= 11 is 5.99. The van der Waals surface area contributed by atoms with Crippen molar-refractivity contribution >= 4 is 23.4 Å². The summed E-state index contributed by atoms with van der Waals surface area (Å²) in [7, 11) is 0. The highest BCUT2D eigenvalue weighted by molar-refractivity contribution is 6.30. The van der Waals surface area contributed by atoms with E-state index < -0.39 is 0 Å². The van der Waals surface area contributed by atoms with Crippen molar-refractivity contribution in [2.45, 2.75) is 44.6 Å². The first-order valence-corrected chi connectivity index (χ1v) is 8.62. The van der Waals surface area contributed by atoms with E-state index in [0.29, 0.717) is 12.0 Å². The lowest BCUT2D eigenvalue weighted by molar-refractivity contribution is 0.461. The molecule has 1 saturated carbocycles. The Kier molecular flexibility index (Phi) is 5.64. The molecule has 0 unspecified atom stereocenters. The van der Waals surface area contributed by atoms with Crippen LogP contribution in [0, 0.1) is 0 Å². The Labute approximate surface area is 141 Å². The Morgan fingerprint density at radius 3 is 2.87 bits per heavy atom. The second kappa shape index (κ2) is 8.11. The normalized spacial score (nSPS) is 15.3. The van der Waals surface area contributed by atoms with Gasteiger partial charge in [-0.15, -0.1) is 5.10 Å². The third-order valence-corrected chi connectivity index (χ3v) is 4.34. The quantitative estimate of drug-likeness (QED) is 0.840. The molecule has 1 aliphatic rings. The fraction of sp³-hybridized carbons (Fsp3) is 0.471. The molecule has 0 spiro atoms. The smallest absolute Gasteiger partial charge is 0.244 e. The van der Waals surface area contributed by atoms with Gasteiger partial charge < -0.3 is 10.6 Å². The molecule has 1 heterocycles. The van der Waals surface area contributed by atoms with E-state index in [9.17, 15) is 0 Å². The van der Waals surface area contributed by atoms with Crippen molar-refractivity contribution in [2.75, 3.05) is 17.2 Å². The average molecular weight is 332 g/mol. The molecule has 2 N–H and O–H groups in total. The first kappa shape index (κ1) is 16.0. The van der Waals surface area contributed by atoms with E-state index in [0.717, 1.165) is 23.8 Å². The van der Waals surface area contributed by atoms with Crippen molar-refractivity contribution < 1.29 is 0 Å². The Hall–Kier alpha value is -1.88. The van der Waals surface area contributed by atoms with E-state index in [1.807, 2.05) is 18.2 Å². The molecule has 0 aliphatic heterocycles. The van der Waals surface area contributed by atoms with Crippen LogP contribution in [0.5, 0.6) is 0 Å². The van der Waals surface area contributed by atoms with Gasteiger partial charge in [0, 0.05) is 17.6 Å². The molecule has 1 aromatic heterocycles. The van der Waals surface area contributed by atoms with Gasteiger partial charge in [-0.2, -0.15) is 10.1 Å². The van der Waals surface area contributed by atoms with Crippen LogP contribution in [0.3, 0.4) is 0 Å². The number of hydrogen-bond donors (Lipinski definition) is 2. The maximum Gasteiger partial charge on any atom is 0.244 e. The van der Waals surface area contributed by atoms with Gasteiger partial charge in [0.15, 0.2) is 5.82 Å². The Bertz CT molecular complexity index is 628. The average Bonchev–Trinajstić information content (AvgIpc) is 2.56. The summed E-state index contributed by atoms with van der Waals surface area (Å²) in [4.78, 5) is 4.49. The summed E-state index contributed by atoms with van der Waals surface area (Å²) < 4.78 is 0. The van der Waals surface area contributed by atoms with Crippen molar-refractivity contribution in [1.29, 1.82) is 0 Å². The Morgan fingerprint density at radius 1 is 1.17 bits per heavy atom. The van der Waals surface area contributed by atoms with Gasteiger partial charge in [-0.05, 0) is 37.0 Å². The highest BCUT2D eigenvalue weighted by atomic mass is 35.5. The molecular formula is C17H22ClN5. The zero-order chi connectivity index (χ0) is 15.9. The Balaban J connectivity index is 1.51. The minimum Gasteiger partial charge on any atom is -0.366 e. The predicted octanol–water partition coefficient (Wildman–Crippen LogP) is 3.92. The van der Waals surface area contributed by atoms with E-state index in [-0.39, 0.29) is 0 Å². The van der Waals surface area contributed by atoms with Gasteiger partial charge in [0.1, 0.15) is 0 Å². The maximum absolute atomic E-state index is 5.99. The summed E-state index contributed by atoms with van der Waals surface area (Å²) in [5.41, 5.74) is 1.19. The minimum atomic E-state index is 0.514. The van der Waals surface area contributed by atoms with Crippen LogP contribution < -0.4 is 10.6 Å². The van der Waals surface area contributed by atoms with E-state index in [1.54, 1.807) is 6.20 Å². The van der Waals surface area contributed by atoms with Crippen LogP contribution in [0.4, 0.5) is 11.8 Å². The number of rotatable bonds is 6. The van der Waals surface area contributed by atoms with Crippen molar-refractivity contribution in [3.05, 3.63) is 41.0 Å². The van der Waals surface area contributed by atoms with Gasteiger partial charge in [-0.1, -0.05) is 43.0 Å². The van der Waals surface area contributed by atoms with E-state index >= 15 is 0 Å². The molecule has 1 aliphatic carbocycles. The van der Waals surface area contributed by atoms with Crippen LogP contribution in [0.2, 0.25) is 5.02 Å². The number of benzene rings is 1. The fourth-order valence-corrected chi connectivity index (χ4v) is 3.13. The topological polar surface area (TPSA) is 62.7 Å². The molecule has 2 aromatic rings. The zero-order valence-electron chi connectivity index (χ0n) is 13.1. The fourth-order valence-electron chi connectivity index (χ4n) is 2.92. The summed E-state index contributed by atoms with van der Waals surface area (Å²) in [6, 6.07) is 8.40. The molecular weight excluding hydrogens is 310 g/mol. The van der Waals surface area contributed by atoms with Gasteiger partial charge in [-0.3, -0.25) is 0 Å². The molecule has 122 valence electrons. The van der Waals surface area contributed by atoms with E-state index in [2.05, 4.69) is 31.9 Å². The van der Waals surface area contributed by atoms with Crippen molar-refractivity contribution in [3.63, 3.8) is 0 Å². The van der Waals surface area contributed by atoms with Crippen molar-refractivity contribution in [1.82, 2.24) is 15.2 Å². The highest BCUT2D eigenvalue weighted by Crippen LogP contribution is 2.20. The number of nitrogens with zero attached hydrogens (tertiary/aromatic N) is 3. The molecule has 1 fully saturated rings. The third kappa shape index (κ3) is 5.06. The zero-order valence-corrected chi connectivity index (χ0v) is 13.9. The molecule has 5 nitrogen and oxygen atoms in total. The van der Waals surface area contributed by atoms with Crippen LogP contribution in [0.1, 0.15) is 37.7 Å². The largest absolute Gasteiger partial charge is 0.366 e. The molecule has 0 saturated heterocycles. The standard InChI is InChI=1S/C17H22ClN5/c18-14-6-4-5-13(11-14)9-10-19-17-22-16(12-20-23-17)21-15-7-2-1-3-8-15/h4-6,11-12,15H,1-3,7-10H2,(H2,19,21,22,23). The van der Waals surface area contributed by atoms with Crippen molar-refractivity contribution in [2.24, 2.45) is 0 Å². The van der Waals surface area contributed by atoms with Crippen LogP contribution in [0.15, 0.2) is 30.5 Å². The first-order valence-electron chi connectivity index (χ1n) is 8.24. The van der Waals surface area contributed by atoms with Crippen LogP contribution in [-0.2, 0) is 6.42 Å². The van der Waals surface area contributed by atoms with E-state index in [4.69, 9.17) is 11.6 Å². The number of hydrogen-bond acceptors (Lipinski definition) is 5. The molecule has 23 heavy (non-hydrogen) atoms. The molecule has 6 heteroatoms. The lowest BCUT2D eigenvalue weighted by Crippen LogP contribution is -2.23. The first-order chi connectivity index (χ1) is 11.3.